The summed E-state index contributed by atoms with van der Waals surface area (Å²) >= 11 is 0. The minimum atomic E-state index is -1.07. The van der Waals surface area contributed by atoms with Crippen LogP contribution in [0.15, 0.2) is 0 Å². The van der Waals surface area contributed by atoms with Crippen molar-refractivity contribution in [3.05, 3.63) is 0 Å². The Morgan fingerprint density at radius 1 is 0.860 bits per heavy atom. The van der Waals surface area contributed by atoms with E-state index in [1.54, 1.807) is 14.0 Å². The van der Waals surface area contributed by atoms with Crippen molar-refractivity contribution >= 4 is 35.5 Å². The first kappa shape index (κ1) is 36.0. The van der Waals surface area contributed by atoms with Crippen LogP contribution < -0.4 is 10.6 Å². The van der Waals surface area contributed by atoms with Crippen molar-refractivity contribution in [3.63, 3.8) is 0 Å². The molecule has 0 aromatic rings. The molecule has 2 rings (SSSR count). The lowest BCUT2D eigenvalue weighted by Crippen LogP contribution is -2.61. The molecule has 2 unspecified atom stereocenters. The summed E-state index contributed by atoms with van der Waals surface area (Å²) in [5.74, 6) is -3.27. The third-order valence-electron chi connectivity index (χ3n) is 8.99. The monoisotopic (exact) mass is 607 g/mol. The largest absolute Gasteiger partial charge is 0.452 e. The first-order chi connectivity index (χ1) is 20.2. The SMILES string of the molecule is CC[C@H](C)C1NC(=O)[C@@H]2CCCN2C(=O)[C@H](CC(C)C)OC(=O)CCNC(=O)[C@H](C)N(C)C(=O)C([C@@H](C)CC)N(C)C1=O. The van der Waals surface area contributed by atoms with Crippen LogP contribution in [0, 0.1) is 17.8 Å². The van der Waals surface area contributed by atoms with Gasteiger partial charge in [0.15, 0.2) is 6.10 Å². The fourth-order valence-corrected chi connectivity index (χ4v) is 5.65. The highest BCUT2D eigenvalue weighted by atomic mass is 16.5. The Labute approximate surface area is 256 Å². The van der Waals surface area contributed by atoms with Crippen LogP contribution in [0.3, 0.4) is 0 Å². The molecule has 12 nitrogen and oxygen atoms in total. The molecule has 0 aliphatic carbocycles. The number of esters is 1. The van der Waals surface area contributed by atoms with Gasteiger partial charge in [-0.05, 0) is 43.9 Å². The minimum absolute atomic E-state index is 0.0354. The van der Waals surface area contributed by atoms with Crippen LogP contribution in [0.25, 0.3) is 0 Å². The van der Waals surface area contributed by atoms with Gasteiger partial charge in [0.05, 0.1) is 6.42 Å². The summed E-state index contributed by atoms with van der Waals surface area (Å²) in [5, 5.41) is 5.60. The normalized spacial score (nSPS) is 28.9. The van der Waals surface area contributed by atoms with E-state index in [2.05, 4.69) is 10.6 Å². The second-order valence-corrected chi connectivity index (χ2v) is 12.6. The topological polar surface area (TPSA) is 145 Å². The van der Waals surface area contributed by atoms with E-state index in [0.717, 1.165) is 0 Å². The fraction of sp³-hybridized carbons (Fsp3) is 0.806. The van der Waals surface area contributed by atoms with E-state index in [-0.39, 0.29) is 37.1 Å². The molecule has 0 spiro atoms. The molecule has 0 bridgehead atoms. The van der Waals surface area contributed by atoms with Gasteiger partial charge in [0.25, 0.3) is 5.91 Å². The van der Waals surface area contributed by atoms with Crippen molar-refractivity contribution in [2.24, 2.45) is 17.8 Å². The molecule has 0 saturated carbocycles. The van der Waals surface area contributed by atoms with Crippen LogP contribution >= 0.6 is 0 Å². The molecule has 12 heteroatoms. The van der Waals surface area contributed by atoms with Gasteiger partial charge in [-0.2, -0.15) is 0 Å². The van der Waals surface area contributed by atoms with Crippen molar-refractivity contribution in [2.45, 2.75) is 117 Å². The molecule has 2 aliphatic heterocycles. The van der Waals surface area contributed by atoms with Gasteiger partial charge in [0, 0.05) is 27.2 Å². The molecule has 0 radical (unpaired) electrons. The molecular formula is C31H53N5O7. The van der Waals surface area contributed by atoms with E-state index in [9.17, 15) is 28.8 Å². The minimum Gasteiger partial charge on any atom is -0.452 e. The highest BCUT2D eigenvalue weighted by Crippen LogP contribution is 2.24. The van der Waals surface area contributed by atoms with E-state index in [4.69, 9.17) is 4.74 Å². The zero-order valence-electron chi connectivity index (χ0n) is 27.5. The number of nitrogens with one attached hydrogen (secondary N) is 2. The van der Waals surface area contributed by atoms with E-state index in [0.29, 0.717) is 32.2 Å². The van der Waals surface area contributed by atoms with E-state index >= 15 is 0 Å². The average Bonchev–Trinajstić information content (AvgIpc) is 3.46. The zero-order chi connectivity index (χ0) is 32.6. The van der Waals surface area contributed by atoms with Gasteiger partial charge in [-0.15, -0.1) is 0 Å². The van der Waals surface area contributed by atoms with Crippen LogP contribution in [-0.2, 0) is 33.5 Å². The lowest BCUT2D eigenvalue weighted by molar-refractivity contribution is -0.162. The standard InChI is InChI=1S/C31H53N5O7/c1-10-19(5)25-30(41)35(9)26(20(6)11-2)31(42)34(8)21(7)27(38)32-15-14-24(37)43-23(17-18(3)4)29(40)36-16-12-13-22(36)28(39)33-25/h18-23,25-26H,10-17H2,1-9H3,(H,32,38)(H,33,39)/t19-,20-,21-,22-,23-,25?,26?/m0/s1. The fourth-order valence-electron chi connectivity index (χ4n) is 5.65. The average molecular weight is 608 g/mol. The van der Waals surface area contributed by atoms with Crippen molar-refractivity contribution < 1.29 is 33.5 Å². The van der Waals surface area contributed by atoms with Gasteiger partial charge in [-0.25, -0.2) is 0 Å². The first-order valence-electron chi connectivity index (χ1n) is 15.8. The smallest absolute Gasteiger partial charge is 0.308 e. The lowest BCUT2D eigenvalue weighted by Gasteiger charge is -2.38. The van der Waals surface area contributed by atoms with Crippen molar-refractivity contribution in [2.75, 3.05) is 27.2 Å². The number of carbonyl (C=O) groups excluding carboxylic acids is 6. The van der Waals surface area contributed by atoms with Gasteiger partial charge >= 0.3 is 5.97 Å². The Balaban J connectivity index is 2.56. The highest BCUT2D eigenvalue weighted by molar-refractivity contribution is 5.96. The third-order valence-corrected chi connectivity index (χ3v) is 8.99. The van der Waals surface area contributed by atoms with Crippen LogP contribution in [0.4, 0.5) is 0 Å². The molecule has 7 atom stereocenters. The predicted octanol–water partition coefficient (Wildman–Crippen LogP) is 1.71. The van der Waals surface area contributed by atoms with Crippen LogP contribution in [0.2, 0.25) is 0 Å². The number of hydrogen-bond donors (Lipinski definition) is 2. The number of likely N-dealkylation sites (N-methyl/N-ethyl adjacent to an activating group) is 2. The second kappa shape index (κ2) is 16.0. The van der Waals surface area contributed by atoms with Gasteiger partial charge in [-0.3, -0.25) is 28.8 Å². The van der Waals surface area contributed by atoms with Crippen LogP contribution in [0.1, 0.15) is 87.0 Å². The summed E-state index contributed by atoms with van der Waals surface area (Å²) in [6, 6.07) is -3.50. The van der Waals surface area contributed by atoms with Crippen molar-refractivity contribution in [1.82, 2.24) is 25.3 Å². The number of fused-ring (bicyclic) bond motifs is 1. The molecular weight excluding hydrogens is 554 g/mol. The molecule has 0 aromatic carbocycles. The maximum Gasteiger partial charge on any atom is 0.308 e. The molecule has 2 aliphatic rings. The van der Waals surface area contributed by atoms with E-state index in [1.807, 2.05) is 41.5 Å². The number of nitrogens with zero attached hydrogens (tertiary/aromatic N) is 3. The molecule has 2 heterocycles. The summed E-state index contributed by atoms with van der Waals surface area (Å²) in [6.07, 6.45) is 1.24. The Morgan fingerprint density at radius 2 is 1.49 bits per heavy atom. The second-order valence-electron chi connectivity index (χ2n) is 12.6. The third kappa shape index (κ3) is 8.92. The summed E-state index contributed by atoms with van der Waals surface area (Å²) in [5.41, 5.74) is 0. The van der Waals surface area contributed by atoms with Crippen molar-refractivity contribution in [3.8, 4) is 0 Å². The molecule has 5 amide bonds. The number of rotatable bonds is 6. The number of carbonyl (C=O) groups is 6. The van der Waals surface area contributed by atoms with Gasteiger partial charge < -0.3 is 30.1 Å². The first-order valence-corrected chi connectivity index (χ1v) is 15.8. The number of amides is 5. The van der Waals surface area contributed by atoms with Gasteiger partial charge in [0.1, 0.15) is 24.2 Å². The van der Waals surface area contributed by atoms with Crippen LogP contribution in [-0.4, -0.2) is 108 Å². The molecule has 244 valence electrons. The lowest BCUT2D eigenvalue weighted by atomic mass is 9.92. The zero-order valence-corrected chi connectivity index (χ0v) is 27.5. The summed E-state index contributed by atoms with van der Waals surface area (Å²) < 4.78 is 5.60. The maximum atomic E-state index is 14.0. The molecule has 43 heavy (non-hydrogen) atoms. The molecule has 0 aromatic heterocycles. The quantitative estimate of drug-likeness (QED) is 0.437. The Kier molecular flexibility index (Phi) is 13.4. The Bertz CT molecular complexity index is 1030. The number of ether oxygens (including phenoxy) is 1. The van der Waals surface area contributed by atoms with Gasteiger partial charge in [0.2, 0.25) is 23.6 Å². The Hall–Kier alpha value is -3.18. The molecule has 2 fully saturated rings. The summed E-state index contributed by atoms with van der Waals surface area (Å²) in [4.78, 5) is 85.1. The maximum absolute atomic E-state index is 14.0. The van der Waals surface area contributed by atoms with E-state index < -0.39 is 65.8 Å². The summed E-state index contributed by atoms with van der Waals surface area (Å²) in [7, 11) is 3.08. The molecule has 2 N–H and O–H groups in total. The Morgan fingerprint density at radius 3 is 2.07 bits per heavy atom. The summed E-state index contributed by atoms with van der Waals surface area (Å²) in [6.45, 7) is 13.3. The molecule has 2 saturated heterocycles. The highest BCUT2D eigenvalue weighted by Gasteiger charge is 2.43. The number of hydrogen-bond acceptors (Lipinski definition) is 7. The van der Waals surface area contributed by atoms with E-state index in [1.165, 1.54) is 21.7 Å². The van der Waals surface area contributed by atoms with Crippen molar-refractivity contribution in [1.29, 1.82) is 0 Å². The number of cyclic esters (lactones) is 1. The van der Waals surface area contributed by atoms with Crippen LogP contribution in [0.5, 0.6) is 0 Å². The predicted molar refractivity (Wildman–Crippen MR) is 161 cm³/mol. The van der Waals surface area contributed by atoms with Gasteiger partial charge in [-0.1, -0.05) is 54.4 Å².